The van der Waals surface area contributed by atoms with Crippen LogP contribution in [0.15, 0.2) is 46.8 Å². The fourth-order valence-corrected chi connectivity index (χ4v) is 4.38. The van der Waals surface area contributed by atoms with Crippen molar-refractivity contribution >= 4 is 43.8 Å². The van der Waals surface area contributed by atoms with Gasteiger partial charge in [-0.25, -0.2) is 0 Å². The summed E-state index contributed by atoms with van der Waals surface area (Å²) in [6.07, 6.45) is 0. The van der Waals surface area contributed by atoms with Gasteiger partial charge in [-0.15, -0.1) is 10.2 Å². The van der Waals surface area contributed by atoms with Crippen molar-refractivity contribution < 1.29 is 18.1 Å². The Balaban J connectivity index is 1.79. The second kappa shape index (κ2) is 7.93. The van der Waals surface area contributed by atoms with E-state index in [2.05, 4.69) is 20.2 Å². The molecule has 0 aliphatic heterocycles. The molecule has 0 saturated carbocycles. The maximum Gasteiger partial charge on any atom is 0.291 e. The first-order valence-corrected chi connectivity index (χ1v) is 10.5. The zero-order valence-corrected chi connectivity index (χ0v) is 16.9. The van der Waals surface area contributed by atoms with Crippen molar-refractivity contribution in [1.29, 1.82) is 0 Å². The van der Waals surface area contributed by atoms with Crippen molar-refractivity contribution in [1.82, 2.24) is 10.2 Å². The molecule has 0 aliphatic rings. The van der Waals surface area contributed by atoms with Crippen LogP contribution in [0.25, 0.3) is 0 Å². The number of carbonyl (C=O) groups excluding carboxylic acids is 1. The van der Waals surface area contributed by atoms with Crippen LogP contribution in [0, 0.1) is 24.0 Å². The first-order chi connectivity index (χ1) is 13.7. The minimum absolute atomic E-state index is 0.00622. The van der Waals surface area contributed by atoms with Crippen molar-refractivity contribution in [3.63, 3.8) is 0 Å². The van der Waals surface area contributed by atoms with Gasteiger partial charge in [0.2, 0.25) is 5.13 Å². The summed E-state index contributed by atoms with van der Waals surface area (Å²) < 4.78 is 27.0. The number of nitro benzene ring substituents is 1. The van der Waals surface area contributed by atoms with E-state index in [0.29, 0.717) is 16.9 Å². The van der Waals surface area contributed by atoms with E-state index in [1.807, 2.05) is 6.92 Å². The number of anilines is 2. The first-order valence-electron chi connectivity index (χ1n) is 8.16. The monoisotopic (exact) mass is 433 g/mol. The second-order valence-corrected chi connectivity index (χ2v) is 8.84. The molecule has 0 unspecified atom stereocenters. The van der Waals surface area contributed by atoms with E-state index in [9.17, 15) is 23.3 Å². The largest absolute Gasteiger partial charge is 0.296 e. The van der Waals surface area contributed by atoms with E-state index in [0.717, 1.165) is 5.56 Å². The number of hydrogen-bond donors (Lipinski definition) is 2. The van der Waals surface area contributed by atoms with E-state index in [1.165, 1.54) is 25.1 Å². The molecule has 12 heteroatoms. The fraction of sp³-hybridized carbons (Fsp3) is 0.118. The number of aryl methyl sites for hydroxylation is 1. The number of rotatable bonds is 6. The predicted octanol–water partition coefficient (Wildman–Crippen LogP) is 3.12. The van der Waals surface area contributed by atoms with Crippen molar-refractivity contribution in [3.05, 3.63) is 69.3 Å². The van der Waals surface area contributed by atoms with Gasteiger partial charge in [-0.3, -0.25) is 24.9 Å². The van der Waals surface area contributed by atoms with Gasteiger partial charge in [0, 0.05) is 11.6 Å². The first kappa shape index (κ1) is 20.4. The average molecular weight is 433 g/mol. The molecule has 0 bridgehead atoms. The summed E-state index contributed by atoms with van der Waals surface area (Å²) in [5, 5.41) is 20.8. The SMILES string of the molecule is Cc1ccc(C(=O)Nc2nnc(S(=O)(=O)Nc3cccc([N+](=O)[O-])c3C)s2)cc1. The van der Waals surface area contributed by atoms with Crippen LogP contribution in [-0.2, 0) is 10.0 Å². The lowest BCUT2D eigenvalue weighted by molar-refractivity contribution is -0.385. The maximum atomic E-state index is 12.6. The fourth-order valence-electron chi connectivity index (χ4n) is 2.36. The van der Waals surface area contributed by atoms with E-state index >= 15 is 0 Å². The van der Waals surface area contributed by atoms with Crippen LogP contribution in [0.2, 0.25) is 0 Å². The van der Waals surface area contributed by atoms with Gasteiger partial charge in [-0.1, -0.05) is 35.1 Å². The van der Waals surface area contributed by atoms with Gasteiger partial charge in [-0.2, -0.15) is 8.42 Å². The van der Waals surface area contributed by atoms with Crippen LogP contribution in [-0.4, -0.2) is 29.4 Å². The van der Waals surface area contributed by atoms with Crippen molar-refractivity contribution in [2.45, 2.75) is 18.2 Å². The Bertz CT molecular complexity index is 1190. The van der Waals surface area contributed by atoms with E-state index in [4.69, 9.17) is 0 Å². The van der Waals surface area contributed by atoms with Crippen molar-refractivity contribution in [2.75, 3.05) is 10.0 Å². The number of nitrogens with one attached hydrogen (secondary N) is 2. The number of aromatic nitrogens is 2. The lowest BCUT2D eigenvalue weighted by atomic mass is 10.1. The van der Waals surface area contributed by atoms with Crippen LogP contribution in [0.1, 0.15) is 21.5 Å². The number of hydrogen-bond acceptors (Lipinski definition) is 8. The molecule has 0 aliphatic carbocycles. The summed E-state index contributed by atoms with van der Waals surface area (Å²) in [4.78, 5) is 22.6. The normalized spacial score (nSPS) is 11.1. The molecule has 2 N–H and O–H groups in total. The molecule has 0 saturated heterocycles. The molecule has 150 valence electrons. The minimum Gasteiger partial charge on any atom is -0.296 e. The Kier molecular flexibility index (Phi) is 5.57. The zero-order chi connectivity index (χ0) is 21.2. The Labute approximate surface area is 169 Å². The molecule has 2 aromatic carbocycles. The Morgan fingerprint density at radius 1 is 1.10 bits per heavy atom. The van der Waals surface area contributed by atoms with Crippen LogP contribution >= 0.6 is 11.3 Å². The van der Waals surface area contributed by atoms with Gasteiger partial charge in [0.25, 0.3) is 26.0 Å². The second-order valence-electron chi connectivity index (χ2n) is 6.01. The standard InChI is InChI=1S/C17H15N5O5S2/c1-10-6-8-12(9-7-10)15(23)18-16-19-20-17(28-16)29(26,27)21-13-4-3-5-14(11(13)2)22(24)25/h3-9,21H,1-2H3,(H,18,19,23). The van der Waals surface area contributed by atoms with E-state index < -0.39 is 20.9 Å². The molecule has 10 nitrogen and oxygen atoms in total. The molecule has 0 spiro atoms. The highest BCUT2D eigenvalue weighted by Crippen LogP contribution is 2.28. The Hall–Kier alpha value is -3.38. The lowest BCUT2D eigenvalue weighted by Crippen LogP contribution is -2.14. The highest BCUT2D eigenvalue weighted by atomic mass is 32.2. The number of nitrogens with zero attached hydrogens (tertiary/aromatic N) is 3. The topological polar surface area (TPSA) is 144 Å². The summed E-state index contributed by atoms with van der Waals surface area (Å²) in [5.41, 5.74) is 1.39. The van der Waals surface area contributed by atoms with Crippen LogP contribution in [0.5, 0.6) is 0 Å². The van der Waals surface area contributed by atoms with Gasteiger partial charge in [0.1, 0.15) is 0 Å². The minimum atomic E-state index is -4.14. The van der Waals surface area contributed by atoms with Gasteiger partial charge < -0.3 is 0 Å². The molecule has 3 rings (SSSR count). The quantitative estimate of drug-likeness (QED) is 0.345. The zero-order valence-electron chi connectivity index (χ0n) is 15.2. The number of sulfonamides is 1. The molecule has 29 heavy (non-hydrogen) atoms. The molecule has 0 fully saturated rings. The molecular weight excluding hydrogens is 418 g/mol. The third-order valence-electron chi connectivity index (χ3n) is 3.92. The van der Waals surface area contributed by atoms with E-state index in [-0.39, 0.29) is 26.4 Å². The summed E-state index contributed by atoms with van der Waals surface area (Å²) in [6.45, 7) is 3.32. The summed E-state index contributed by atoms with van der Waals surface area (Å²) in [6, 6.07) is 10.9. The number of nitro groups is 1. The third kappa shape index (κ3) is 4.55. The predicted molar refractivity (Wildman–Crippen MR) is 108 cm³/mol. The van der Waals surface area contributed by atoms with Crippen molar-refractivity contribution in [2.24, 2.45) is 0 Å². The number of amides is 1. The van der Waals surface area contributed by atoms with Crippen molar-refractivity contribution in [3.8, 4) is 0 Å². The van der Waals surface area contributed by atoms with Gasteiger partial charge >= 0.3 is 0 Å². The number of benzene rings is 2. The average Bonchev–Trinajstić information content (AvgIpc) is 3.13. The molecule has 0 atom stereocenters. The Morgan fingerprint density at radius 2 is 1.79 bits per heavy atom. The molecule has 1 heterocycles. The number of carbonyl (C=O) groups is 1. The Morgan fingerprint density at radius 3 is 2.45 bits per heavy atom. The summed E-state index contributed by atoms with van der Waals surface area (Å²) >= 11 is 0.663. The van der Waals surface area contributed by atoms with Gasteiger partial charge in [0.05, 0.1) is 16.2 Å². The van der Waals surface area contributed by atoms with Gasteiger partial charge in [0.15, 0.2) is 0 Å². The third-order valence-corrected chi connectivity index (χ3v) is 6.49. The van der Waals surface area contributed by atoms with Crippen LogP contribution in [0.4, 0.5) is 16.5 Å². The van der Waals surface area contributed by atoms with Crippen LogP contribution in [0.3, 0.4) is 0 Å². The van der Waals surface area contributed by atoms with Crippen LogP contribution < -0.4 is 10.0 Å². The smallest absolute Gasteiger partial charge is 0.291 e. The molecular formula is C17H15N5O5S2. The lowest BCUT2D eigenvalue weighted by Gasteiger charge is -2.08. The highest BCUT2D eigenvalue weighted by Gasteiger charge is 2.24. The highest BCUT2D eigenvalue weighted by molar-refractivity contribution is 7.94. The summed E-state index contributed by atoms with van der Waals surface area (Å²) in [7, 11) is -4.14. The van der Waals surface area contributed by atoms with Gasteiger partial charge in [-0.05, 0) is 32.0 Å². The van der Waals surface area contributed by atoms with E-state index in [1.54, 1.807) is 24.3 Å². The molecule has 3 aromatic rings. The molecule has 1 amide bonds. The summed E-state index contributed by atoms with van der Waals surface area (Å²) in [5.74, 6) is -0.451. The molecule has 1 aromatic heterocycles. The maximum absolute atomic E-state index is 12.6. The molecule has 0 radical (unpaired) electrons.